The van der Waals surface area contributed by atoms with Crippen LogP contribution in [0.3, 0.4) is 0 Å². The van der Waals surface area contributed by atoms with Crippen molar-refractivity contribution in [1.82, 2.24) is 0 Å². The summed E-state index contributed by atoms with van der Waals surface area (Å²) in [5, 5.41) is 0. The lowest BCUT2D eigenvalue weighted by atomic mass is 10.0. The topological polar surface area (TPSA) is 75.7 Å². The number of anilines is 2. The number of hydrogen-bond donors (Lipinski definition) is 1. The smallest absolute Gasteiger partial charge is 0.262 e. The molecule has 0 saturated carbocycles. The molecule has 0 saturated heterocycles. The number of hydrogen-bond acceptors (Lipinski definition) is 4. The van der Waals surface area contributed by atoms with Crippen LogP contribution in [0.5, 0.6) is 5.75 Å². The highest BCUT2D eigenvalue weighted by Crippen LogP contribution is 2.31. The summed E-state index contributed by atoms with van der Waals surface area (Å²) in [7, 11) is -2.17. The van der Waals surface area contributed by atoms with Crippen LogP contribution in [0, 0.1) is 6.92 Å². The van der Waals surface area contributed by atoms with Crippen LogP contribution in [-0.4, -0.2) is 28.0 Å². The fourth-order valence-electron chi connectivity index (χ4n) is 3.23. The zero-order chi connectivity index (χ0) is 18.9. The molecule has 1 amide bonds. The molecule has 0 unspecified atom stereocenters. The predicted molar refractivity (Wildman–Crippen MR) is 101 cm³/mol. The number of ether oxygens (including phenoxy) is 1. The Kier molecular flexibility index (Phi) is 4.91. The third-order valence-electron chi connectivity index (χ3n) is 4.52. The van der Waals surface area contributed by atoms with Gasteiger partial charge in [-0.15, -0.1) is 0 Å². The Labute approximate surface area is 153 Å². The minimum atomic E-state index is -3.71. The van der Waals surface area contributed by atoms with Gasteiger partial charge in [0.15, 0.2) is 0 Å². The first-order valence-corrected chi connectivity index (χ1v) is 9.94. The molecule has 6 nitrogen and oxygen atoms in total. The fourth-order valence-corrected chi connectivity index (χ4v) is 4.51. The average molecular weight is 374 g/mol. The first-order valence-electron chi connectivity index (χ1n) is 8.46. The number of rotatable bonds is 5. The predicted octanol–water partition coefficient (Wildman–Crippen LogP) is 3.10. The van der Waals surface area contributed by atoms with Gasteiger partial charge in [0.25, 0.3) is 10.0 Å². The molecule has 138 valence electrons. The second-order valence-corrected chi connectivity index (χ2v) is 7.87. The highest BCUT2D eigenvalue weighted by Gasteiger charge is 2.24. The molecular formula is C19H22N2O4S. The van der Waals surface area contributed by atoms with Crippen molar-refractivity contribution in [2.75, 3.05) is 23.3 Å². The number of aryl methyl sites for hydroxylation is 2. The van der Waals surface area contributed by atoms with Crippen LogP contribution in [0.15, 0.2) is 41.3 Å². The molecule has 3 rings (SSSR count). The van der Waals surface area contributed by atoms with Gasteiger partial charge < -0.3 is 9.64 Å². The number of nitrogens with zero attached hydrogens (tertiary/aromatic N) is 1. The van der Waals surface area contributed by atoms with Gasteiger partial charge in [-0.2, -0.15) is 0 Å². The number of carbonyl (C=O) groups is 1. The van der Waals surface area contributed by atoms with E-state index in [2.05, 4.69) is 4.72 Å². The molecule has 0 aromatic heterocycles. The second kappa shape index (κ2) is 6.99. The lowest BCUT2D eigenvalue weighted by Crippen LogP contribution is -2.34. The lowest BCUT2D eigenvalue weighted by molar-refractivity contribution is -0.118. The van der Waals surface area contributed by atoms with Gasteiger partial charge in [-0.25, -0.2) is 8.42 Å². The minimum Gasteiger partial charge on any atom is -0.497 e. The molecule has 0 bridgehead atoms. The van der Waals surface area contributed by atoms with Crippen LogP contribution in [-0.2, 0) is 21.2 Å². The van der Waals surface area contributed by atoms with Crippen LogP contribution in [0.25, 0.3) is 0 Å². The number of benzene rings is 2. The summed E-state index contributed by atoms with van der Waals surface area (Å²) in [5.41, 5.74) is 2.92. The van der Waals surface area contributed by atoms with Gasteiger partial charge in [-0.3, -0.25) is 9.52 Å². The van der Waals surface area contributed by atoms with E-state index in [1.165, 1.54) is 6.07 Å². The van der Waals surface area contributed by atoms with Gasteiger partial charge in [0.1, 0.15) is 5.75 Å². The van der Waals surface area contributed by atoms with Crippen molar-refractivity contribution < 1.29 is 17.9 Å². The van der Waals surface area contributed by atoms with Gasteiger partial charge >= 0.3 is 0 Å². The van der Waals surface area contributed by atoms with E-state index in [4.69, 9.17) is 4.74 Å². The van der Waals surface area contributed by atoms with Crippen molar-refractivity contribution in [3.63, 3.8) is 0 Å². The monoisotopic (exact) mass is 374 g/mol. The standard InChI is InChI=1S/C19H22N2O4S/c1-4-21-17-8-6-15(12-14(17)5-10-19(21)22)20-26(23,24)18-9-7-16(25-3)11-13(18)2/h6-9,11-12,20H,4-5,10H2,1-3H3. The van der Waals surface area contributed by atoms with Gasteiger partial charge in [-0.05, 0) is 67.8 Å². The van der Waals surface area contributed by atoms with Crippen LogP contribution in [0.4, 0.5) is 11.4 Å². The van der Waals surface area contributed by atoms with Gasteiger partial charge in [0.05, 0.1) is 12.0 Å². The highest BCUT2D eigenvalue weighted by molar-refractivity contribution is 7.92. The number of nitrogens with one attached hydrogen (secondary N) is 1. The Morgan fingerprint density at radius 1 is 1.15 bits per heavy atom. The molecule has 1 N–H and O–H groups in total. The first kappa shape index (κ1) is 18.3. The van der Waals surface area contributed by atoms with E-state index in [0.29, 0.717) is 36.4 Å². The minimum absolute atomic E-state index is 0.0992. The van der Waals surface area contributed by atoms with Crippen molar-refractivity contribution in [2.24, 2.45) is 0 Å². The molecule has 7 heteroatoms. The first-order chi connectivity index (χ1) is 12.4. The maximum absolute atomic E-state index is 12.7. The second-order valence-electron chi connectivity index (χ2n) is 6.22. The number of fused-ring (bicyclic) bond motifs is 1. The maximum Gasteiger partial charge on any atom is 0.262 e. The Bertz CT molecular complexity index is 954. The molecule has 0 atom stereocenters. The Hall–Kier alpha value is -2.54. The van der Waals surface area contributed by atoms with Crippen molar-refractivity contribution in [2.45, 2.75) is 31.6 Å². The molecule has 0 spiro atoms. The molecule has 1 heterocycles. The number of methoxy groups -OCH3 is 1. The summed E-state index contributed by atoms with van der Waals surface area (Å²) in [6.45, 7) is 4.26. The van der Waals surface area contributed by atoms with E-state index in [9.17, 15) is 13.2 Å². The third-order valence-corrected chi connectivity index (χ3v) is 6.06. The van der Waals surface area contributed by atoms with Crippen LogP contribution < -0.4 is 14.4 Å². The largest absolute Gasteiger partial charge is 0.497 e. The third kappa shape index (κ3) is 3.39. The summed E-state index contributed by atoms with van der Waals surface area (Å²) in [5.74, 6) is 0.710. The van der Waals surface area contributed by atoms with Gasteiger partial charge in [0.2, 0.25) is 5.91 Å². The van der Waals surface area contributed by atoms with Crippen LogP contribution in [0.1, 0.15) is 24.5 Å². The highest BCUT2D eigenvalue weighted by atomic mass is 32.2. The molecular weight excluding hydrogens is 352 g/mol. The van der Waals surface area contributed by atoms with Crippen molar-refractivity contribution in [1.29, 1.82) is 0 Å². The normalized spacial score (nSPS) is 14.1. The van der Waals surface area contributed by atoms with Crippen LogP contribution >= 0.6 is 0 Å². The zero-order valence-corrected chi connectivity index (χ0v) is 15.9. The number of carbonyl (C=O) groups excluding carboxylic acids is 1. The summed E-state index contributed by atoms with van der Waals surface area (Å²) >= 11 is 0. The van der Waals surface area contributed by atoms with Crippen molar-refractivity contribution in [3.05, 3.63) is 47.5 Å². The Balaban J connectivity index is 1.90. The number of amides is 1. The summed E-state index contributed by atoms with van der Waals surface area (Å²) in [4.78, 5) is 13.9. The van der Waals surface area contributed by atoms with Crippen molar-refractivity contribution in [3.8, 4) is 5.75 Å². The molecule has 0 radical (unpaired) electrons. The summed E-state index contributed by atoms with van der Waals surface area (Å²) in [6.07, 6.45) is 1.05. The van der Waals surface area contributed by atoms with E-state index in [0.717, 1.165) is 11.3 Å². The number of sulfonamides is 1. The average Bonchev–Trinajstić information content (AvgIpc) is 2.61. The van der Waals surface area contributed by atoms with Gasteiger partial charge in [-0.1, -0.05) is 0 Å². The van der Waals surface area contributed by atoms with Crippen molar-refractivity contribution >= 4 is 27.3 Å². The van der Waals surface area contributed by atoms with E-state index in [-0.39, 0.29) is 10.8 Å². The van der Waals surface area contributed by atoms with Gasteiger partial charge in [0, 0.05) is 24.3 Å². The quantitative estimate of drug-likeness (QED) is 0.873. The summed E-state index contributed by atoms with van der Waals surface area (Å²) in [6, 6.07) is 10.1. The molecule has 2 aromatic carbocycles. The summed E-state index contributed by atoms with van der Waals surface area (Å²) < 4.78 is 33.3. The molecule has 0 fully saturated rings. The molecule has 1 aliphatic rings. The maximum atomic E-state index is 12.7. The zero-order valence-electron chi connectivity index (χ0n) is 15.1. The lowest BCUT2D eigenvalue weighted by Gasteiger charge is -2.28. The van der Waals surface area contributed by atoms with E-state index in [1.54, 1.807) is 49.3 Å². The van der Waals surface area contributed by atoms with Crippen LogP contribution in [0.2, 0.25) is 0 Å². The van der Waals surface area contributed by atoms with E-state index < -0.39 is 10.0 Å². The molecule has 2 aromatic rings. The Morgan fingerprint density at radius 2 is 1.92 bits per heavy atom. The fraction of sp³-hybridized carbons (Fsp3) is 0.316. The SMILES string of the molecule is CCN1C(=O)CCc2cc(NS(=O)(=O)c3ccc(OC)cc3C)ccc21. The van der Waals surface area contributed by atoms with E-state index in [1.807, 2.05) is 6.92 Å². The molecule has 1 aliphatic heterocycles. The molecule has 0 aliphatic carbocycles. The molecule has 26 heavy (non-hydrogen) atoms. The Morgan fingerprint density at radius 3 is 2.58 bits per heavy atom. The van der Waals surface area contributed by atoms with E-state index >= 15 is 0 Å².